The van der Waals surface area contributed by atoms with Gasteiger partial charge in [-0.15, -0.1) is 0 Å². The van der Waals surface area contributed by atoms with Gasteiger partial charge in [-0.25, -0.2) is 4.79 Å². The molecule has 1 atom stereocenters. The van der Waals surface area contributed by atoms with Crippen LogP contribution in [0.15, 0.2) is 22.7 Å². The fraction of sp³-hybridized carbons (Fsp3) is 0.308. The predicted octanol–water partition coefficient (Wildman–Crippen LogP) is 1.21. The number of carboxylic acid groups (broad SMARTS) is 1. The minimum atomic E-state index is -1.20. The zero-order valence-electron chi connectivity index (χ0n) is 10.9. The first-order chi connectivity index (χ1) is 9.31. The fourth-order valence-electron chi connectivity index (χ4n) is 1.57. The first-order valence-corrected chi connectivity index (χ1v) is 6.68. The first kappa shape index (κ1) is 16.2. The maximum Gasteiger partial charge on any atom is 0.326 e. The van der Waals surface area contributed by atoms with Crippen molar-refractivity contribution in [1.29, 1.82) is 0 Å². The van der Waals surface area contributed by atoms with Gasteiger partial charge in [0.2, 0.25) is 5.91 Å². The van der Waals surface area contributed by atoms with Gasteiger partial charge in [-0.05, 0) is 37.1 Å². The quantitative estimate of drug-likeness (QED) is 0.721. The van der Waals surface area contributed by atoms with Crippen molar-refractivity contribution in [3.63, 3.8) is 0 Å². The average molecular weight is 343 g/mol. The summed E-state index contributed by atoms with van der Waals surface area (Å²) in [6.07, 6.45) is -0.136. The van der Waals surface area contributed by atoms with Crippen molar-refractivity contribution in [2.24, 2.45) is 5.73 Å². The molecule has 0 fully saturated rings. The van der Waals surface area contributed by atoms with Crippen LogP contribution in [0.25, 0.3) is 0 Å². The molecule has 108 valence electrons. The Morgan fingerprint density at radius 2 is 2.05 bits per heavy atom. The number of nitrogens with two attached hydrogens (primary N) is 1. The smallest absolute Gasteiger partial charge is 0.326 e. The summed E-state index contributed by atoms with van der Waals surface area (Å²) >= 11 is 3.32. The molecule has 1 aromatic rings. The molecule has 2 amide bonds. The van der Waals surface area contributed by atoms with E-state index in [1.165, 1.54) is 0 Å². The van der Waals surface area contributed by atoms with Gasteiger partial charge < -0.3 is 16.2 Å². The highest BCUT2D eigenvalue weighted by molar-refractivity contribution is 9.10. The highest BCUT2D eigenvalue weighted by atomic mass is 79.9. The molecule has 0 aliphatic heterocycles. The van der Waals surface area contributed by atoms with Crippen LogP contribution in [0.3, 0.4) is 0 Å². The molecule has 4 N–H and O–H groups in total. The number of hydrogen-bond donors (Lipinski definition) is 3. The van der Waals surface area contributed by atoms with E-state index in [1.54, 1.807) is 18.2 Å². The lowest BCUT2D eigenvalue weighted by Crippen LogP contribution is -2.41. The van der Waals surface area contributed by atoms with Gasteiger partial charge in [0.25, 0.3) is 5.91 Å². The summed E-state index contributed by atoms with van der Waals surface area (Å²) in [5.74, 6) is -2.31. The Bertz CT molecular complexity index is 545. The normalized spacial score (nSPS) is 11.7. The average Bonchev–Trinajstić information content (AvgIpc) is 2.36. The zero-order chi connectivity index (χ0) is 15.3. The van der Waals surface area contributed by atoms with E-state index in [0.717, 1.165) is 10.0 Å². The van der Waals surface area contributed by atoms with Gasteiger partial charge >= 0.3 is 5.97 Å². The number of aryl methyl sites for hydroxylation is 1. The number of primary amides is 1. The van der Waals surface area contributed by atoms with Crippen LogP contribution in [0.2, 0.25) is 0 Å². The van der Waals surface area contributed by atoms with Gasteiger partial charge in [-0.3, -0.25) is 9.59 Å². The molecule has 0 saturated carbocycles. The van der Waals surface area contributed by atoms with Crippen molar-refractivity contribution in [2.75, 3.05) is 0 Å². The molecule has 0 spiro atoms. The maximum absolute atomic E-state index is 12.0. The Morgan fingerprint density at radius 3 is 2.55 bits per heavy atom. The fourth-order valence-corrected chi connectivity index (χ4v) is 1.82. The molecule has 6 nitrogen and oxygen atoms in total. The number of carboxylic acids is 1. The monoisotopic (exact) mass is 342 g/mol. The van der Waals surface area contributed by atoms with Crippen LogP contribution >= 0.6 is 15.9 Å². The van der Waals surface area contributed by atoms with Crippen molar-refractivity contribution in [1.82, 2.24) is 5.32 Å². The zero-order valence-corrected chi connectivity index (χ0v) is 12.4. The lowest BCUT2D eigenvalue weighted by molar-refractivity contribution is -0.139. The molecule has 0 unspecified atom stereocenters. The standard InChI is InChI=1S/C13H15BrN2O4/c1-7-6-8(2-3-9(7)14)12(18)16-10(13(19)20)4-5-11(15)17/h2-3,6,10H,4-5H2,1H3,(H2,15,17)(H,16,18)(H,19,20)/t10-/m0/s1. The van der Waals surface area contributed by atoms with E-state index in [9.17, 15) is 14.4 Å². The van der Waals surface area contributed by atoms with Crippen LogP contribution in [0.5, 0.6) is 0 Å². The molecule has 0 aliphatic rings. The number of benzene rings is 1. The molecule has 7 heteroatoms. The number of nitrogens with one attached hydrogen (secondary N) is 1. The molecule has 20 heavy (non-hydrogen) atoms. The lowest BCUT2D eigenvalue weighted by Gasteiger charge is -2.14. The third-order valence-corrected chi connectivity index (χ3v) is 3.59. The number of carbonyl (C=O) groups excluding carboxylic acids is 2. The summed E-state index contributed by atoms with van der Waals surface area (Å²) in [5, 5.41) is 11.4. The highest BCUT2D eigenvalue weighted by Gasteiger charge is 2.21. The molecule has 0 aromatic heterocycles. The molecule has 1 aromatic carbocycles. The number of hydrogen-bond acceptors (Lipinski definition) is 3. The van der Waals surface area contributed by atoms with Crippen LogP contribution < -0.4 is 11.1 Å². The second-order valence-electron chi connectivity index (χ2n) is 4.33. The number of amides is 2. The lowest BCUT2D eigenvalue weighted by atomic mass is 10.1. The highest BCUT2D eigenvalue weighted by Crippen LogP contribution is 2.17. The number of aliphatic carboxylic acids is 1. The van der Waals surface area contributed by atoms with E-state index in [4.69, 9.17) is 10.8 Å². The van der Waals surface area contributed by atoms with Crippen molar-refractivity contribution < 1.29 is 19.5 Å². The van der Waals surface area contributed by atoms with Crippen LogP contribution in [-0.2, 0) is 9.59 Å². The Morgan fingerprint density at radius 1 is 1.40 bits per heavy atom. The molecule has 0 aliphatic carbocycles. The van der Waals surface area contributed by atoms with E-state index >= 15 is 0 Å². The summed E-state index contributed by atoms with van der Waals surface area (Å²) < 4.78 is 0.859. The minimum Gasteiger partial charge on any atom is -0.480 e. The van der Waals surface area contributed by atoms with Gasteiger partial charge in [0.05, 0.1) is 0 Å². The first-order valence-electron chi connectivity index (χ1n) is 5.89. The van der Waals surface area contributed by atoms with E-state index in [-0.39, 0.29) is 12.8 Å². The Labute approximate surface area is 124 Å². The van der Waals surface area contributed by atoms with E-state index < -0.39 is 23.8 Å². The summed E-state index contributed by atoms with van der Waals surface area (Å²) in [4.78, 5) is 33.7. The van der Waals surface area contributed by atoms with Gasteiger partial charge in [0, 0.05) is 16.5 Å². The van der Waals surface area contributed by atoms with E-state index in [1.807, 2.05) is 6.92 Å². The minimum absolute atomic E-state index is 0.0358. The Hall–Kier alpha value is -1.89. The topological polar surface area (TPSA) is 109 Å². The van der Waals surface area contributed by atoms with Crippen LogP contribution in [0, 0.1) is 6.92 Å². The van der Waals surface area contributed by atoms with Gasteiger partial charge in [-0.2, -0.15) is 0 Å². The van der Waals surface area contributed by atoms with Crippen molar-refractivity contribution >= 4 is 33.7 Å². The maximum atomic E-state index is 12.0. The second-order valence-corrected chi connectivity index (χ2v) is 5.19. The largest absolute Gasteiger partial charge is 0.480 e. The number of carbonyl (C=O) groups is 3. The summed E-state index contributed by atoms with van der Waals surface area (Å²) in [5.41, 5.74) is 6.19. The van der Waals surface area contributed by atoms with Crippen LogP contribution in [-0.4, -0.2) is 28.9 Å². The van der Waals surface area contributed by atoms with Crippen molar-refractivity contribution in [3.05, 3.63) is 33.8 Å². The summed E-state index contributed by atoms with van der Waals surface area (Å²) in [7, 11) is 0. The van der Waals surface area contributed by atoms with E-state index in [2.05, 4.69) is 21.2 Å². The molecule has 0 radical (unpaired) electrons. The van der Waals surface area contributed by atoms with Gasteiger partial charge in [0.1, 0.15) is 6.04 Å². The predicted molar refractivity (Wildman–Crippen MR) is 76.2 cm³/mol. The molecule has 0 heterocycles. The molecule has 0 bridgehead atoms. The van der Waals surface area contributed by atoms with Crippen molar-refractivity contribution in [3.8, 4) is 0 Å². The third-order valence-electron chi connectivity index (χ3n) is 2.70. The molecule has 0 saturated heterocycles. The van der Waals surface area contributed by atoms with Crippen molar-refractivity contribution in [2.45, 2.75) is 25.8 Å². The number of halogens is 1. The Balaban J connectivity index is 2.77. The SMILES string of the molecule is Cc1cc(C(=O)N[C@@H](CCC(N)=O)C(=O)O)ccc1Br. The number of rotatable bonds is 6. The molecular formula is C13H15BrN2O4. The second kappa shape index (κ2) is 7.04. The Kier molecular flexibility index (Phi) is 5.69. The molecule has 1 rings (SSSR count). The summed E-state index contributed by atoms with van der Waals surface area (Å²) in [6.45, 7) is 1.82. The summed E-state index contributed by atoms with van der Waals surface area (Å²) in [6, 6.07) is 3.80. The van der Waals surface area contributed by atoms with Gasteiger partial charge in [-0.1, -0.05) is 15.9 Å². The molecular weight excluding hydrogens is 328 g/mol. The van der Waals surface area contributed by atoms with Crippen LogP contribution in [0.1, 0.15) is 28.8 Å². The van der Waals surface area contributed by atoms with E-state index in [0.29, 0.717) is 5.56 Å². The van der Waals surface area contributed by atoms with Crippen LogP contribution in [0.4, 0.5) is 0 Å². The third kappa shape index (κ3) is 4.65. The van der Waals surface area contributed by atoms with Gasteiger partial charge in [0.15, 0.2) is 0 Å².